The van der Waals surface area contributed by atoms with Gasteiger partial charge in [0.25, 0.3) is 5.91 Å². The second kappa shape index (κ2) is 10.3. The molecule has 0 aliphatic carbocycles. The Kier molecular flexibility index (Phi) is 7.16. The Morgan fingerprint density at radius 3 is 2.43 bits per heavy atom. The molecule has 0 N–H and O–H groups in total. The van der Waals surface area contributed by atoms with Gasteiger partial charge >= 0.3 is 0 Å². The van der Waals surface area contributed by atoms with Gasteiger partial charge in [-0.1, -0.05) is 48.5 Å². The van der Waals surface area contributed by atoms with Gasteiger partial charge in [-0.3, -0.25) is 4.79 Å². The van der Waals surface area contributed by atoms with Crippen LogP contribution in [0.4, 0.5) is 4.39 Å². The number of hydrogen-bond donors (Lipinski definition) is 0. The largest absolute Gasteiger partial charge is 0.459 e. The van der Waals surface area contributed by atoms with Gasteiger partial charge in [-0.2, -0.15) is 0 Å². The van der Waals surface area contributed by atoms with Crippen molar-refractivity contribution < 1.29 is 22.0 Å². The zero-order chi connectivity index (χ0) is 25.0. The molecule has 2 heterocycles. The van der Waals surface area contributed by atoms with Crippen LogP contribution < -0.4 is 0 Å². The predicted octanol–water partition coefficient (Wildman–Crippen LogP) is 4.69. The topological polar surface area (TPSA) is 85.4 Å². The molecule has 0 unspecified atom stereocenters. The van der Waals surface area contributed by atoms with Crippen LogP contribution in [-0.4, -0.2) is 34.8 Å². The number of imidazole rings is 1. The van der Waals surface area contributed by atoms with Crippen LogP contribution in [0.2, 0.25) is 0 Å². The van der Waals surface area contributed by atoms with E-state index in [9.17, 15) is 17.6 Å². The molecular weight excluding hydrogens is 469 g/mol. The lowest BCUT2D eigenvalue weighted by molar-refractivity contribution is 0.0652. The van der Waals surface area contributed by atoms with E-state index in [0.717, 1.165) is 5.56 Å². The molecule has 0 fully saturated rings. The summed E-state index contributed by atoms with van der Waals surface area (Å²) in [5.41, 5.74) is 1.47. The standard InChI is InChI=1S/C26H26FN3O4S/c1-19(2)29(25(31)24-13-8-14-34-24)17-22-15-28-26(30(22)16-20-9-4-3-5-10-20)35(32,33)18-21-11-6-7-12-23(21)27/h3-15,19H,16-18H2,1-2H3. The predicted molar refractivity (Wildman–Crippen MR) is 129 cm³/mol. The van der Waals surface area contributed by atoms with Crippen molar-refractivity contribution in [1.82, 2.24) is 14.5 Å². The maximum atomic E-state index is 14.2. The Morgan fingerprint density at radius 1 is 1.06 bits per heavy atom. The van der Waals surface area contributed by atoms with Crippen molar-refractivity contribution in [3.8, 4) is 0 Å². The summed E-state index contributed by atoms with van der Waals surface area (Å²) in [5, 5.41) is -0.172. The highest BCUT2D eigenvalue weighted by atomic mass is 32.2. The van der Waals surface area contributed by atoms with Gasteiger partial charge in [0, 0.05) is 11.6 Å². The Balaban J connectivity index is 1.73. The van der Waals surface area contributed by atoms with Crippen molar-refractivity contribution in [1.29, 1.82) is 0 Å². The summed E-state index contributed by atoms with van der Waals surface area (Å²) in [6, 6.07) is 18.2. The van der Waals surface area contributed by atoms with E-state index in [2.05, 4.69) is 4.98 Å². The first-order valence-corrected chi connectivity index (χ1v) is 12.8. The third-order valence-corrected chi connectivity index (χ3v) is 7.19. The summed E-state index contributed by atoms with van der Waals surface area (Å²) in [4.78, 5) is 18.9. The fraction of sp³-hybridized carbons (Fsp3) is 0.231. The van der Waals surface area contributed by atoms with Gasteiger partial charge in [0.2, 0.25) is 15.0 Å². The van der Waals surface area contributed by atoms with Crippen molar-refractivity contribution in [3.05, 3.63) is 108 Å². The van der Waals surface area contributed by atoms with E-state index in [-0.39, 0.29) is 41.5 Å². The average molecular weight is 496 g/mol. The summed E-state index contributed by atoms with van der Waals surface area (Å²) in [6.45, 7) is 4.08. The van der Waals surface area contributed by atoms with Crippen molar-refractivity contribution in [2.45, 2.75) is 43.9 Å². The summed E-state index contributed by atoms with van der Waals surface area (Å²) in [6.07, 6.45) is 2.89. The Labute approximate surface area is 203 Å². The average Bonchev–Trinajstić information content (AvgIpc) is 3.50. The summed E-state index contributed by atoms with van der Waals surface area (Å²) in [5.74, 6) is -1.23. The highest BCUT2D eigenvalue weighted by Gasteiger charge is 2.28. The Hall–Kier alpha value is -3.72. The number of halogens is 1. The molecule has 0 aliphatic heterocycles. The van der Waals surface area contributed by atoms with E-state index in [0.29, 0.717) is 5.69 Å². The summed E-state index contributed by atoms with van der Waals surface area (Å²) >= 11 is 0. The van der Waals surface area contributed by atoms with E-state index in [1.807, 2.05) is 44.2 Å². The number of carbonyl (C=O) groups is 1. The number of hydrogen-bond acceptors (Lipinski definition) is 5. The first kappa shape index (κ1) is 24.4. The zero-order valence-electron chi connectivity index (χ0n) is 19.5. The maximum Gasteiger partial charge on any atom is 0.290 e. The lowest BCUT2D eigenvalue weighted by Gasteiger charge is -2.26. The highest BCUT2D eigenvalue weighted by molar-refractivity contribution is 7.90. The third kappa shape index (κ3) is 5.51. The van der Waals surface area contributed by atoms with E-state index in [1.54, 1.807) is 27.7 Å². The minimum absolute atomic E-state index is 0.0696. The SMILES string of the molecule is CC(C)N(Cc1cnc(S(=O)(=O)Cc2ccccc2F)n1Cc1ccccc1)C(=O)c1ccco1. The lowest BCUT2D eigenvalue weighted by Crippen LogP contribution is -2.37. The molecule has 0 bridgehead atoms. The molecule has 35 heavy (non-hydrogen) atoms. The lowest BCUT2D eigenvalue weighted by atomic mass is 10.2. The van der Waals surface area contributed by atoms with Crippen LogP contribution in [0.25, 0.3) is 0 Å². The van der Waals surface area contributed by atoms with E-state index < -0.39 is 21.4 Å². The number of rotatable bonds is 9. The van der Waals surface area contributed by atoms with Gasteiger partial charge in [-0.05, 0) is 37.6 Å². The zero-order valence-corrected chi connectivity index (χ0v) is 20.3. The van der Waals surface area contributed by atoms with Gasteiger partial charge in [0.15, 0.2) is 5.76 Å². The third-order valence-electron chi connectivity index (χ3n) is 5.62. The summed E-state index contributed by atoms with van der Waals surface area (Å²) < 4.78 is 47.8. The molecule has 0 radical (unpaired) electrons. The monoisotopic (exact) mass is 495 g/mol. The fourth-order valence-corrected chi connectivity index (χ4v) is 5.29. The molecule has 0 aliphatic rings. The molecule has 2 aromatic heterocycles. The van der Waals surface area contributed by atoms with E-state index >= 15 is 0 Å². The molecule has 4 rings (SSSR count). The molecule has 0 spiro atoms. The van der Waals surface area contributed by atoms with Crippen LogP contribution in [0.5, 0.6) is 0 Å². The first-order valence-electron chi connectivity index (χ1n) is 11.1. The molecule has 1 amide bonds. The normalized spacial score (nSPS) is 11.7. The Morgan fingerprint density at radius 2 is 1.77 bits per heavy atom. The van der Waals surface area contributed by atoms with E-state index in [4.69, 9.17) is 4.42 Å². The molecule has 9 heteroatoms. The summed E-state index contributed by atoms with van der Waals surface area (Å²) in [7, 11) is -4.00. The molecule has 0 saturated carbocycles. The van der Waals surface area contributed by atoms with Gasteiger partial charge in [-0.15, -0.1) is 0 Å². The second-order valence-electron chi connectivity index (χ2n) is 8.46. The Bertz CT molecular complexity index is 1400. The molecule has 4 aromatic rings. The molecule has 2 aromatic carbocycles. The van der Waals surface area contributed by atoms with Crippen LogP contribution >= 0.6 is 0 Å². The van der Waals surface area contributed by atoms with Crippen LogP contribution in [0, 0.1) is 5.82 Å². The van der Waals surface area contributed by atoms with Crippen molar-refractivity contribution in [3.63, 3.8) is 0 Å². The number of carbonyl (C=O) groups excluding carboxylic acids is 1. The molecule has 0 atom stereocenters. The quantitative estimate of drug-likeness (QED) is 0.336. The van der Waals surface area contributed by atoms with E-state index in [1.165, 1.54) is 30.7 Å². The van der Waals surface area contributed by atoms with Crippen molar-refractivity contribution in [2.24, 2.45) is 0 Å². The maximum absolute atomic E-state index is 14.2. The van der Waals surface area contributed by atoms with Gasteiger partial charge in [0.05, 0.1) is 37.0 Å². The van der Waals surface area contributed by atoms with Crippen LogP contribution in [0.3, 0.4) is 0 Å². The van der Waals surface area contributed by atoms with Gasteiger partial charge < -0.3 is 13.9 Å². The van der Waals surface area contributed by atoms with Crippen LogP contribution in [-0.2, 0) is 28.7 Å². The minimum Gasteiger partial charge on any atom is -0.459 e. The van der Waals surface area contributed by atoms with Crippen LogP contribution in [0.1, 0.15) is 41.2 Å². The number of furan rings is 1. The number of benzene rings is 2. The van der Waals surface area contributed by atoms with Gasteiger partial charge in [0.1, 0.15) is 5.82 Å². The number of sulfone groups is 1. The van der Waals surface area contributed by atoms with Crippen LogP contribution in [0.15, 0.2) is 88.8 Å². The smallest absolute Gasteiger partial charge is 0.290 e. The second-order valence-corrected chi connectivity index (χ2v) is 10.3. The molecule has 7 nitrogen and oxygen atoms in total. The number of nitrogens with zero attached hydrogens (tertiary/aromatic N) is 3. The minimum atomic E-state index is -4.00. The molecule has 182 valence electrons. The fourth-order valence-electron chi connectivity index (χ4n) is 3.79. The highest BCUT2D eigenvalue weighted by Crippen LogP contribution is 2.23. The van der Waals surface area contributed by atoms with Crippen molar-refractivity contribution >= 4 is 15.7 Å². The van der Waals surface area contributed by atoms with Crippen molar-refractivity contribution in [2.75, 3.05) is 0 Å². The van der Waals surface area contributed by atoms with Gasteiger partial charge in [-0.25, -0.2) is 17.8 Å². The number of amides is 1. The first-order chi connectivity index (χ1) is 16.8. The molecular formula is C26H26FN3O4S. The molecule has 0 saturated heterocycles. The number of aromatic nitrogens is 2.